The summed E-state index contributed by atoms with van der Waals surface area (Å²) in [5.74, 6) is 0.0320. The van der Waals surface area contributed by atoms with Crippen LogP contribution in [0.4, 0.5) is 0 Å². The molecule has 0 aromatic rings. The SMILES string of the molecule is COC([O-])=CP(=O)(OC)OC.[Na+]. The first kappa shape index (κ1) is 15.0. The first-order valence-corrected chi connectivity index (χ1v) is 4.34. The molecule has 0 aliphatic heterocycles. The van der Waals surface area contributed by atoms with Crippen LogP contribution < -0.4 is 34.7 Å². The monoisotopic (exact) mass is 204 g/mol. The van der Waals surface area contributed by atoms with Crippen molar-refractivity contribution in [3.05, 3.63) is 11.8 Å². The maximum atomic E-state index is 11.1. The van der Waals surface area contributed by atoms with Gasteiger partial charge in [0.05, 0.1) is 5.95 Å². The fourth-order valence-electron chi connectivity index (χ4n) is 0.362. The Balaban J connectivity index is 0. The number of ether oxygens (including phenoxy) is 1. The Labute approximate surface area is 93.5 Å². The second kappa shape index (κ2) is 6.95. The van der Waals surface area contributed by atoms with Crippen molar-refractivity contribution in [3.8, 4) is 0 Å². The third kappa shape index (κ3) is 5.19. The second-order valence-corrected chi connectivity index (χ2v) is 3.63. The zero-order valence-corrected chi connectivity index (χ0v) is 10.5. The number of methoxy groups -OCH3 is 1. The van der Waals surface area contributed by atoms with Crippen molar-refractivity contribution in [2.45, 2.75) is 0 Å². The van der Waals surface area contributed by atoms with Crippen molar-refractivity contribution in [3.63, 3.8) is 0 Å². The molecule has 12 heavy (non-hydrogen) atoms. The van der Waals surface area contributed by atoms with Gasteiger partial charge in [-0.15, -0.1) is 0 Å². The van der Waals surface area contributed by atoms with Gasteiger partial charge in [-0.25, -0.2) is 0 Å². The molecule has 0 aromatic carbocycles. The Hall–Kier alpha value is 0.490. The molecular weight excluding hydrogens is 194 g/mol. The molecule has 0 heterocycles. The van der Waals surface area contributed by atoms with Crippen molar-refractivity contribution in [1.82, 2.24) is 0 Å². The van der Waals surface area contributed by atoms with Crippen molar-refractivity contribution >= 4 is 7.60 Å². The van der Waals surface area contributed by atoms with Crippen molar-refractivity contribution in [2.75, 3.05) is 21.3 Å². The predicted octanol–water partition coefficient (Wildman–Crippen LogP) is -2.72. The largest absolute Gasteiger partial charge is 1.00 e. The van der Waals surface area contributed by atoms with Crippen LogP contribution in [0.3, 0.4) is 0 Å². The van der Waals surface area contributed by atoms with Gasteiger partial charge >= 0.3 is 37.2 Å². The minimum atomic E-state index is -3.35. The molecule has 66 valence electrons. The molecule has 0 saturated heterocycles. The Morgan fingerprint density at radius 2 is 1.75 bits per heavy atom. The molecule has 0 aromatic heterocycles. The average Bonchev–Trinajstić information content (AvgIpc) is 2.04. The fraction of sp³-hybridized carbons (Fsp3) is 0.600. The number of hydrogen-bond acceptors (Lipinski definition) is 5. The molecule has 0 atom stereocenters. The summed E-state index contributed by atoms with van der Waals surface area (Å²) in [4.78, 5) is 0. The minimum absolute atomic E-state index is 0. The normalized spacial score (nSPS) is 12.1. The first-order chi connectivity index (χ1) is 5.08. The molecule has 0 N–H and O–H groups in total. The Bertz CT molecular complexity index is 184. The van der Waals surface area contributed by atoms with Crippen LogP contribution in [-0.4, -0.2) is 21.3 Å². The summed E-state index contributed by atoms with van der Waals surface area (Å²) in [5.41, 5.74) is 0. The van der Waals surface area contributed by atoms with Crippen LogP contribution in [0.5, 0.6) is 0 Å². The van der Waals surface area contributed by atoms with Crippen molar-refractivity contribution < 1.29 is 53.0 Å². The molecular formula is C5H10NaO5P. The van der Waals surface area contributed by atoms with Gasteiger partial charge in [-0.2, -0.15) is 0 Å². The summed E-state index contributed by atoms with van der Waals surface area (Å²) in [6, 6.07) is 0. The Kier molecular flexibility index (Phi) is 8.68. The molecule has 0 radical (unpaired) electrons. The number of rotatable bonds is 4. The molecule has 0 fully saturated rings. The van der Waals surface area contributed by atoms with E-state index in [4.69, 9.17) is 0 Å². The van der Waals surface area contributed by atoms with E-state index in [2.05, 4.69) is 13.8 Å². The summed E-state index contributed by atoms with van der Waals surface area (Å²) in [6.45, 7) is 0. The van der Waals surface area contributed by atoms with Crippen LogP contribution in [0.15, 0.2) is 11.8 Å². The molecule has 0 rings (SSSR count). The minimum Gasteiger partial charge on any atom is -0.616 e. The second-order valence-electron chi connectivity index (χ2n) is 1.56. The van der Waals surface area contributed by atoms with Gasteiger partial charge < -0.3 is 18.9 Å². The van der Waals surface area contributed by atoms with Crippen molar-refractivity contribution in [1.29, 1.82) is 0 Å². The molecule has 0 aliphatic rings. The van der Waals surface area contributed by atoms with E-state index in [1.54, 1.807) is 0 Å². The summed E-state index contributed by atoms with van der Waals surface area (Å²) >= 11 is 0. The van der Waals surface area contributed by atoms with E-state index in [0.29, 0.717) is 0 Å². The molecule has 5 nitrogen and oxygen atoms in total. The van der Waals surface area contributed by atoms with Crippen molar-refractivity contribution in [2.24, 2.45) is 0 Å². The summed E-state index contributed by atoms with van der Waals surface area (Å²) in [6.07, 6.45) is 0. The Morgan fingerprint density at radius 3 is 2.00 bits per heavy atom. The molecule has 0 saturated carbocycles. The molecule has 0 spiro atoms. The zero-order chi connectivity index (χ0) is 8.91. The maximum absolute atomic E-state index is 11.1. The van der Waals surface area contributed by atoms with Crippen LogP contribution >= 0.6 is 7.60 Å². The van der Waals surface area contributed by atoms with Gasteiger partial charge in [0.25, 0.3) is 0 Å². The van der Waals surface area contributed by atoms with Gasteiger partial charge in [0.15, 0.2) is 0 Å². The average molecular weight is 204 g/mol. The van der Waals surface area contributed by atoms with E-state index < -0.39 is 13.5 Å². The van der Waals surface area contributed by atoms with E-state index in [0.717, 1.165) is 5.82 Å². The summed E-state index contributed by atoms with van der Waals surface area (Å²) in [7, 11) is 0.190. The molecule has 0 unspecified atom stereocenters. The van der Waals surface area contributed by atoms with Gasteiger partial charge in [-0.05, 0) is 7.11 Å². The van der Waals surface area contributed by atoms with Crippen LogP contribution in [0, 0.1) is 0 Å². The Morgan fingerprint density at radius 1 is 1.33 bits per heavy atom. The van der Waals surface area contributed by atoms with Gasteiger partial charge in [-0.3, -0.25) is 4.57 Å². The molecule has 0 amide bonds. The van der Waals surface area contributed by atoms with E-state index in [1.165, 1.54) is 21.3 Å². The van der Waals surface area contributed by atoms with E-state index in [9.17, 15) is 9.67 Å². The molecule has 7 heteroatoms. The fourth-order valence-corrected chi connectivity index (χ4v) is 1.09. The van der Waals surface area contributed by atoms with Gasteiger partial charge in [0, 0.05) is 20.0 Å². The van der Waals surface area contributed by atoms with Gasteiger partial charge in [0.1, 0.15) is 0 Å². The zero-order valence-electron chi connectivity index (χ0n) is 7.57. The van der Waals surface area contributed by atoms with Crippen LogP contribution in [0.25, 0.3) is 0 Å². The third-order valence-corrected chi connectivity index (χ3v) is 2.52. The third-order valence-electron chi connectivity index (χ3n) is 0.974. The maximum Gasteiger partial charge on any atom is 1.00 e. The van der Waals surface area contributed by atoms with E-state index in [1.807, 2.05) is 0 Å². The topological polar surface area (TPSA) is 67.8 Å². The summed E-state index contributed by atoms with van der Waals surface area (Å²) < 4.78 is 24.2. The molecule has 0 aliphatic carbocycles. The van der Waals surface area contributed by atoms with Crippen LogP contribution in [-0.2, 0) is 18.3 Å². The predicted molar refractivity (Wildman–Crippen MR) is 36.7 cm³/mol. The van der Waals surface area contributed by atoms with Crippen LogP contribution in [0.2, 0.25) is 0 Å². The van der Waals surface area contributed by atoms with E-state index in [-0.39, 0.29) is 29.6 Å². The quantitative estimate of drug-likeness (QED) is 0.283. The first-order valence-electron chi connectivity index (χ1n) is 2.73. The smallest absolute Gasteiger partial charge is 0.616 e. The van der Waals surface area contributed by atoms with Gasteiger partial charge in [-0.1, -0.05) is 0 Å². The standard InChI is InChI=1S/C5H11O5P.Na/c1-8-5(6)4-11(7,9-2)10-3;/h4,6H,1-3H3;/q;+1/p-1. The van der Waals surface area contributed by atoms with Crippen LogP contribution in [0.1, 0.15) is 0 Å². The molecule has 0 bridgehead atoms. The summed E-state index contributed by atoms with van der Waals surface area (Å²) in [5, 5.41) is 10.5. The van der Waals surface area contributed by atoms with E-state index >= 15 is 0 Å². The number of hydrogen-bond donors (Lipinski definition) is 0. The van der Waals surface area contributed by atoms with Gasteiger partial charge in [0.2, 0.25) is 0 Å².